The minimum absolute atomic E-state index is 0.300. The third kappa shape index (κ3) is 4.00. The lowest BCUT2D eigenvalue weighted by Gasteiger charge is -2.38. The maximum atomic E-state index is 4.65. The SMILES string of the molecule is CCCNc1nc(C)cc(N2CCSC(C)(C)C2)n1. The zero-order chi connectivity index (χ0) is 13.9. The number of aryl methyl sites for hydroxylation is 1. The van der Waals surface area contributed by atoms with Crippen LogP contribution in [-0.4, -0.2) is 40.1 Å². The monoisotopic (exact) mass is 280 g/mol. The number of hydrogen-bond donors (Lipinski definition) is 1. The number of nitrogens with one attached hydrogen (secondary N) is 1. The van der Waals surface area contributed by atoms with Gasteiger partial charge >= 0.3 is 0 Å². The highest BCUT2D eigenvalue weighted by Gasteiger charge is 2.28. The van der Waals surface area contributed by atoms with E-state index in [0.717, 1.165) is 49.3 Å². The van der Waals surface area contributed by atoms with Crippen molar-refractivity contribution in [1.82, 2.24) is 9.97 Å². The van der Waals surface area contributed by atoms with Crippen LogP contribution in [0.1, 0.15) is 32.9 Å². The van der Waals surface area contributed by atoms with E-state index in [4.69, 9.17) is 0 Å². The Morgan fingerprint density at radius 1 is 1.42 bits per heavy atom. The van der Waals surface area contributed by atoms with Gasteiger partial charge in [0.15, 0.2) is 0 Å². The molecule has 5 heteroatoms. The molecule has 0 atom stereocenters. The maximum Gasteiger partial charge on any atom is 0.224 e. The molecule has 0 spiro atoms. The Bertz CT molecular complexity index is 433. The average molecular weight is 280 g/mol. The molecule has 1 aliphatic rings. The zero-order valence-electron chi connectivity index (χ0n) is 12.4. The highest BCUT2D eigenvalue weighted by molar-refractivity contribution is 8.00. The van der Waals surface area contributed by atoms with Crippen LogP contribution in [0.5, 0.6) is 0 Å². The van der Waals surface area contributed by atoms with Crippen molar-refractivity contribution in [3.05, 3.63) is 11.8 Å². The van der Waals surface area contributed by atoms with Gasteiger partial charge in [0, 0.05) is 41.9 Å². The van der Waals surface area contributed by atoms with E-state index in [1.807, 2.05) is 18.7 Å². The van der Waals surface area contributed by atoms with Gasteiger partial charge in [-0.1, -0.05) is 6.92 Å². The molecule has 1 N–H and O–H groups in total. The van der Waals surface area contributed by atoms with Crippen molar-refractivity contribution >= 4 is 23.5 Å². The quantitative estimate of drug-likeness (QED) is 0.918. The molecule has 1 fully saturated rings. The average Bonchev–Trinajstić information content (AvgIpc) is 2.34. The molecule has 1 saturated heterocycles. The Morgan fingerprint density at radius 2 is 2.21 bits per heavy atom. The van der Waals surface area contributed by atoms with Crippen molar-refractivity contribution in [2.24, 2.45) is 0 Å². The van der Waals surface area contributed by atoms with Gasteiger partial charge in [-0.2, -0.15) is 16.7 Å². The Kier molecular flexibility index (Phi) is 4.55. The Balaban J connectivity index is 2.16. The first-order valence-electron chi connectivity index (χ1n) is 6.98. The van der Waals surface area contributed by atoms with Crippen molar-refractivity contribution in [1.29, 1.82) is 0 Å². The number of thioether (sulfide) groups is 1. The Labute approximate surface area is 120 Å². The summed E-state index contributed by atoms with van der Waals surface area (Å²) in [4.78, 5) is 11.5. The summed E-state index contributed by atoms with van der Waals surface area (Å²) in [5, 5.41) is 3.28. The fourth-order valence-electron chi connectivity index (χ4n) is 2.24. The van der Waals surface area contributed by atoms with Crippen molar-refractivity contribution in [3.63, 3.8) is 0 Å². The Hall–Kier alpha value is -0.970. The van der Waals surface area contributed by atoms with Crippen LogP contribution < -0.4 is 10.2 Å². The first-order valence-corrected chi connectivity index (χ1v) is 7.97. The Morgan fingerprint density at radius 3 is 2.89 bits per heavy atom. The molecule has 0 amide bonds. The van der Waals surface area contributed by atoms with Crippen LogP contribution in [0.2, 0.25) is 0 Å². The standard InChI is InChI=1S/C14H24N4S/c1-5-6-15-13-16-11(2)9-12(17-13)18-7-8-19-14(3,4)10-18/h9H,5-8,10H2,1-4H3,(H,15,16,17). The van der Waals surface area contributed by atoms with Gasteiger partial charge in [-0.05, 0) is 27.2 Å². The van der Waals surface area contributed by atoms with Gasteiger partial charge in [0.1, 0.15) is 5.82 Å². The van der Waals surface area contributed by atoms with Crippen LogP contribution in [0.4, 0.5) is 11.8 Å². The second-order valence-electron chi connectivity index (χ2n) is 5.65. The smallest absolute Gasteiger partial charge is 0.224 e. The van der Waals surface area contributed by atoms with E-state index in [1.165, 1.54) is 0 Å². The molecule has 19 heavy (non-hydrogen) atoms. The normalized spacial score (nSPS) is 18.4. The summed E-state index contributed by atoms with van der Waals surface area (Å²) in [6.07, 6.45) is 1.08. The molecule has 1 aromatic rings. The molecule has 0 bridgehead atoms. The van der Waals surface area contributed by atoms with Crippen molar-refractivity contribution < 1.29 is 0 Å². The number of nitrogens with zero attached hydrogens (tertiary/aromatic N) is 3. The molecular formula is C14H24N4S. The lowest BCUT2D eigenvalue weighted by molar-refractivity contribution is 0.641. The van der Waals surface area contributed by atoms with Gasteiger partial charge in [-0.25, -0.2) is 4.98 Å². The van der Waals surface area contributed by atoms with E-state index in [2.05, 4.69) is 47.0 Å². The zero-order valence-corrected chi connectivity index (χ0v) is 13.2. The minimum Gasteiger partial charge on any atom is -0.354 e. The third-order valence-electron chi connectivity index (χ3n) is 3.12. The van der Waals surface area contributed by atoms with Gasteiger partial charge < -0.3 is 10.2 Å². The summed E-state index contributed by atoms with van der Waals surface area (Å²) in [5.41, 5.74) is 1.03. The predicted molar refractivity (Wildman–Crippen MR) is 84.3 cm³/mol. The van der Waals surface area contributed by atoms with Gasteiger partial charge in [0.2, 0.25) is 5.95 Å². The van der Waals surface area contributed by atoms with Crippen LogP contribution in [0.3, 0.4) is 0 Å². The number of rotatable bonds is 4. The number of hydrogen-bond acceptors (Lipinski definition) is 5. The first-order chi connectivity index (χ1) is 9.00. The summed E-state index contributed by atoms with van der Waals surface area (Å²) < 4.78 is 0.300. The van der Waals surface area contributed by atoms with E-state index < -0.39 is 0 Å². The van der Waals surface area contributed by atoms with Crippen molar-refractivity contribution in [3.8, 4) is 0 Å². The summed E-state index contributed by atoms with van der Waals surface area (Å²) in [7, 11) is 0. The second kappa shape index (κ2) is 5.99. The van der Waals surface area contributed by atoms with Crippen molar-refractivity contribution in [2.45, 2.75) is 38.9 Å². The van der Waals surface area contributed by atoms with E-state index in [1.54, 1.807) is 0 Å². The molecule has 0 aliphatic carbocycles. The van der Waals surface area contributed by atoms with E-state index in [0.29, 0.717) is 4.75 Å². The number of anilines is 2. The molecule has 2 rings (SSSR count). The molecular weight excluding hydrogens is 256 g/mol. The predicted octanol–water partition coefficient (Wildman–Crippen LogP) is 2.94. The molecule has 4 nitrogen and oxygen atoms in total. The van der Waals surface area contributed by atoms with Crippen LogP contribution in [-0.2, 0) is 0 Å². The van der Waals surface area contributed by atoms with Gasteiger partial charge in [-0.3, -0.25) is 0 Å². The second-order valence-corrected chi connectivity index (χ2v) is 7.45. The first kappa shape index (κ1) is 14.4. The van der Waals surface area contributed by atoms with E-state index in [9.17, 15) is 0 Å². The lowest BCUT2D eigenvalue weighted by Crippen LogP contribution is -2.43. The number of aromatic nitrogens is 2. The van der Waals surface area contributed by atoms with Crippen LogP contribution in [0, 0.1) is 6.92 Å². The van der Waals surface area contributed by atoms with Crippen molar-refractivity contribution in [2.75, 3.05) is 35.6 Å². The van der Waals surface area contributed by atoms with Gasteiger partial charge in [0.05, 0.1) is 0 Å². The summed E-state index contributed by atoms with van der Waals surface area (Å²) >= 11 is 2.04. The third-order valence-corrected chi connectivity index (χ3v) is 4.42. The summed E-state index contributed by atoms with van der Waals surface area (Å²) in [6.45, 7) is 11.8. The topological polar surface area (TPSA) is 41.1 Å². The maximum absolute atomic E-state index is 4.65. The van der Waals surface area contributed by atoms with Gasteiger partial charge in [-0.15, -0.1) is 0 Å². The molecule has 1 aromatic heterocycles. The fraction of sp³-hybridized carbons (Fsp3) is 0.714. The molecule has 0 aromatic carbocycles. The summed E-state index contributed by atoms with van der Waals surface area (Å²) in [6, 6.07) is 2.09. The molecule has 0 radical (unpaired) electrons. The van der Waals surface area contributed by atoms with Gasteiger partial charge in [0.25, 0.3) is 0 Å². The lowest BCUT2D eigenvalue weighted by atomic mass is 10.2. The minimum atomic E-state index is 0.300. The molecule has 106 valence electrons. The van der Waals surface area contributed by atoms with E-state index >= 15 is 0 Å². The highest BCUT2D eigenvalue weighted by atomic mass is 32.2. The highest BCUT2D eigenvalue weighted by Crippen LogP contribution is 2.31. The van der Waals surface area contributed by atoms with E-state index in [-0.39, 0.29) is 0 Å². The van der Waals surface area contributed by atoms with Crippen LogP contribution >= 0.6 is 11.8 Å². The van der Waals surface area contributed by atoms with Crippen LogP contribution in [0.15, 0.2) is 6.07 Å². The molecule has 1 aliphatic heterocycles. The fourth-order valence-corrected chi connectivity index (χ4v) is 3.35. The summed E-state index contributed by atoms with van der Waals surface area (Å²) in [5.74, 6) is 2.97. The largest absolute Gasteiger partial charge is 0.354 e. The molecule has 0 unspecified atom stereocenters. The molecule has 2 heterocycles. The molecule has 0 saturated carbocycles. The van der Waals surface area contributed by atoms with Crippen LogP contribution in [0.25, 0.3) is 0 Å².